The molecule has 2 aromatic carbocycles. The molecule has 0 radical (unpaired) electrons. The maximum absolute atomic E-state index is 14.3. The van der Waals surface area contributed by atoms with E-state index in [-0.39, 0.29) is 34.4 Å². The largest absolute Gasteiger partial charge is 0.322 e. The zero-order valence-corrected chi connectivity index (χ0v) is 16.6. The monoisotopic (exact) mass is 406 g/mol. The average molecular weight is 406 g/mol. The number of pyridine rings is 1. The zero-order chi connectivity index (χ0) is 21.4. The summed E-state index contributed by atoms with van der Waals surface area (Å²) in [6.45, 7) is 3.93. The summed E-state index contributed by atoms with van der Waals surface area (Å²) in [5, 5.41) is -0.00618. The van der Waals surface area contributed by atoms with Crippen molar-refractivity contribution in [2.24, 2.45) is 0 Å². The summed E-state index contributed by atoms with van der Waals surface area (Å²) in [5.74, 6) is -2.32. The minimum Gasteiger partial charge on any atom is -0.322 e. The van der Waals surface area contributed by atoms with Crippen molar-refractivity contribution in [3.05, 3.63) is 99.0 Å². The summed E-state index contributed by atoms with van der Waals surface area (Å²) in [4.78, 5) is 29.3. The van der Waals surface area contributed by atoms with Crippen LogP contribution in [-0.4, -0.2) is 22.3 Å². The molecule has 1 amide bonds. The molecule has 0 spiro atoms. The number of hydrogen-bond acceptors (Lipinski definition) is 2. The molecule has 1 N–H and O–H groups in total. The zero-order valence-electron chi connectivity index (χ0n) is 16.6. The summed E-state index contributed by atoms with van der Waals surface area (Å²) in [5.41, 5.74) is 3.40. The Morgan fingerprint density at radius 3 is 2.60 bits per heavy atom. The van der Waals surface area contributed by atoms with E-state index in [4.69, 9.17) is 0 Å². The third-order valence-corrected chi connectivity index (χ3v) is 5.49. The van der Waals surface area contributed by atoms with E-state index in [0.717, 1.165) is 22.8 Å². The number of benzene rings is 2. The molecule has 0 unspecified atom stereocenters. The van der Waals surface area contributed by atoms with E-state index in [1.807, 2.05) is 43.3 Å². The number of halogens is 2. The molecule has 4 nitrogen and oxygen atoms in total. The summed E-state index contributed by atoms with van der Waals surface area (Å²) in [7, 11) is 0. The predicted octanol–water partition coefficient (Wildman–Crippen LogP) is 4.41. The molecular weight excluding hydrogens is 386 g/mol. The second-order valence-electron chi connectivity index (χ2n) is 7.35. The maximum atomic E-state index is 14.3. The number of rotatable bonds is 3. The molecule has 1 aliphatic rings. The quantitative estimate of drug-likeness (QED) is 0.701. The van der Waals surface area contributed by atoms with Gasteiger partial charge in [0.1, 0.15) is 0 Å². The Kier molecular flexibility index (Phi) is 5.08. The van der Waals surface area contributed by atoms with Crippen molar-refractivity contribution in [3.8, 4) is 0 Å². The maximum Gasteiger partial charge on any atom is 0.252 e. The lowest BCUT2D eigenvalue weighted by molar-refractivity contribution is -0.127. The number of carbonyl (C=O) groups excluding carboxylic acids is 1. The number of carbonyl (C=O) groups is 1. The molecule has 6 heteroatoms. The SMILES string of the molecule is Cc1ccccc1C1=CCN(C(=O)Cc2c(C)c3c(F)c(F)ccc3[nH]c2=O)C=C1. The van der Waals surface area contributed by atoms with Crippen molar-refractivity contribution >= 4 is 22.4 Å². The summed E-state index contributed by atoms with van der Waals surface area (Å²) in [6, 6.07) is 10.3. The lowest BCUT2D eigenvalue weighted by atomic mass is 9.98. The van der Waals surface area contributed by atoms with E-state index in [2.05, 4.69) is 4.98 Å². The van der Waals surface area contributed by atoms with Gasteiger partial charge in [0.05, 0.1) is 11.9 Å². The van der Waals surface area contributed by atoms with E-state index in [0.29, 0.717) is 6.54 Å². The normalized spacial score (nSPS) is 13.6. The fourth-order valence-electron chi connectivity index (χ4n) is 3.78. The van der Waals surface area contributed by atoms with Crippen LogP contribution in [0.25, 0.3) is 16.5 Å². The van der Waals surface area contributed by atoms with Gasteiger partial charge in [-0.05, 0) is 54.3 Å². The number of aromatic amines is 1. The van der Waals surface area contributed by atoms with Crippen LogP contribution < -0.4 is 5.56 Å². The number of allylic oxidation sites excluding steroid dienone is 2. The van der Waals surface area contributed by atoms with Gasteiger partial charge in [-0.2, -0.15) is 0 Å². The first-order valence-electron chi connectivity index (χ1n) is 9.60. The molecule has 1 aromatic heterocycles. The van der Waals surface area contributed by atoms with Crippen LogP contribution >= 0.6 is 0 Å². The summed E-state index contributed by atoms with van der Waals surface area (Å²) >= 11 is 0. The minimum absolute atomic E-state index is 0.00618. The minimum atomic E-state index is -1.03. The molecule has 0 fully saturated rings. The van der Waals surface area contributed by atoms with E-state index in [1.54, 1.807) is 6.20 Å². The second-order valence-corrected chi connectivity index (χ2v) is 7.35. The fraction of sp³-hybridized carbons (Fsp3) is 0.167. The molecular formula is C24H20F2N2O2. The van der Waals surface area contributed by atoms with Gasteiger partial charge in [0.15, 0.2) is 11.6 Å². The standard InChI is InChI=1S/C24H20F2N2O2/c1-14-5-3-4-6-17(14)16-9-11-28(12-10-16)21(29)13-18-15(2)22-20(27-24(18)30)8-7-19(25)23(22)26/h3-11H,12-13H2,1-2H3,(H,27,30). The van der Waals surface area contributed by atoms with E-state index < -0.39 is 17.2 Å². The third-order valence-electron chi connectivity index (χ3n) is 5.49. The van der Waals surface area contributed by atoms with Gasteiger partial charge in [0.2, 0.25) is 5.91 Å². The molecule has 0 bridgehead atoms. The van der Waals surface area contributed by atoms with Crippen LogP contribution in [0.4, 0.5) is 8.78 Å². The number of aryl methyl sites for hydroxylation is 2. The van der Waals surface area contributed by atoms with Crippen LogP contribution in [0.15, 0.2) is 59.5 Å². The number of H-pyrrole nitrogens is 1. The molecule has 0 aliphatic carbocycles. The molecule has 1 aliphatic heterocycles. The Morgan fingerprint density at radius 1 is 1.13 bits per heavy atom. The van der Waals surface area contributed by atoms with Crippen LogP contribution in [0.2, 0.25) is 0 Å². The highest BCUT2D eigenvalue weighted by molar-refractivity contribution is 5.87. The Labute approximate surface area is 172 Å². The van der Waals surface area contributed by atoms with Crippen molar-refractivity contribution in [2.45, 2.75) is 20.3 Å². The molecule has 0 saturated carbocycles. The van der Waals surface area contributed by atoms with Crippen LogP contribution in [0.5, 0.6) is 0 Å². The Balaban J connectivity index is 1.59. The molecule has 0 atom stereocenters. The first-order chi connectivity index (χ1) is 14.4. The number of hydrogen-bond donors (Lipinski definition) is 1. The molecule has 4 rings (SSSR count). The van der Waals surface area contributed by atoms with Crippen molar-refractivity contribution < 1.29 is 13.6 Å². The van der Waals surface area contributed by atoms with E-state index >= 15 is 0 Å². The Morgan fingerprint density at radius 2 is 1.90 bits per heavy atom. The van der Waals surface area contributed by atoms with Gasteiger partial charge >= 0.3 is 0 Å². The van der Waals surface area contributed by atoms with Gasteiger partial charge in [-0.3, -0.25) is 9.59 Å². The fourth-order valence-corrected chi connectivity index (χ4v) is 3.78. The smallest absolute Gasteiger partial charge is 0.252 e. The van der Waals surface area contributed by atoms with Crippen LogP contribution in [-0.2, 0) is 11.2 Å². The molecule has 3 aromatic rings. The average Bonchev–Trinajstić information content (AvgIpc) is 2.74. The lowest BCUT2D eigenvalue weighted by Gasteiger charge is -2.22. The van der Waals surface area contributed by atoms with Crippen LogP contribution in [0.3, 0.4) is 0 Å². The highest BCUT2D eigenvalue weighted by Gasteiger charge is 2.20. The van der Waals surface area contributed by atoms with Crippen molar-refractivity contribution in [1.29, 1.82) is 0 Å². The van der Waals surface area contributed by atoms with Crippen molar-refractivity contribution in [3.63, 3.8) is 0 Å². The Bertz CT molecular complexity index is 1290. The Hall–Kier alpha value is -3.54. The van der Waals surface area contributed by atoms with Crippen molar-refractivity contribution in [1.82, 2.24) is 9.88 Å². The molecule has 2 heterocycles. The van der Waals surface area contributed by atoms with Crippen LogP contribution in [0.1, 0.15) is 22.3 Å². The van der Waals surface area contributed by atoms with Gasteiger partial charge in [-0.1, -0.05) is 30.3 Å². The summed E-state index contributed by atoms with van der Waals surface area (Å²) < 4.78 is 27.9. The van der Waals surface area contributed by atoms with Gasteiger partial charge < -0.3 is 9.88 Å². The number of fused-ring (bicyclic) bond motifs is 1. The number of nitrogens with one attached hydrogen (secondary N) is 1. The van der Waals surface area contributed by atoms with Crippen LogP contribution in [0, 0.1) is 25.5 Å². The molecule has 0 saturated heterocycles. The number of amides is 1. The molecule has 152 valence electrons. The first-order valence-corrected chi connectivity index (χ1v) is 9.60. The predicted molar refractivity (Wildman–Crippen MR) is 113 cm³/mol. The second kappa shape index (κ2) is 7.71. The highest BCUT2D eigenvalue weighted by Crippen LogP contribution is 2.25. The van der Waals surface area contributed by atoms with Gasteiger partial charge in [-0.25, -0.2) is 8.78 Å². The van der Waals surface area contributed by atoms with Gasteiger partial charge in [0.25, 0.3) is 5.56 Å². The van der Waals surface area contributed by atoms with Gasteiger partial charge in [0, 0.05) is 23.7 Å². The lowest BCUT2D eigenvalue weighted by Crippen LogP contribution is -2.31. The molecule has 30 heavy (non-hydrogen) atoms. The first kappa shape index (κ1) is 19.8. The van der Waals surface area contributed by atoms with E-state index in [1.165, 1.54) is 17.9 Å². The van der Waals surface area contributed by atoms with E-state index in [9.17, 15) is 18.4 Å². The number of nitrogens with zero attached hydrogens (tertiary/aromatic N) is 1. The number of aromatic nitrogens is 1. The van der Waals surface area contributed by atoms with Gasteiger partial charge in [-0.15, -0.1) is 0 Å². The summed E-state index contributed by atoms with van der Waals surface area (Å²) in [6.07, 6.45) is 5.29. The topological polar surface area (TPSA) is 53.2 Å². The highest BCUT2D eigenvalue weighted by atomic mass is 19.2. The third kappa shape index (κ3) is 3.45. The van der Waals surface area contributed by atoms with Crippen molar-refractivity contribution in [2.75, 3.05) is 6.54 Å².